The van der Waals surface area contributed by atoms with Crippen molar-refractivity contribution in [3.05, 3.63) is 69.3 Å². The molecule has 2 aromatic carbocycles. The average molecular weight is 405 g/mol. The van der Waals surface area contributed by atoms with Crippen LogP contribution in [-0.2, 0) is 7.05 Å². The number of para-hydroxylation sites is 1. The highest BCUT2D eigenvalue weighted by molar-refractivity contribution is 6.37. The average Bonchev–Trinajstić information content (AvgIpc) is 2.88. The number of benzene rings is 2. The van der Waals surface area contributed by atoms with Crippen molar-refractivity contribution in [1.82, 2.24) is 9.78 Å². The Morgan fingerprint density at radius 1 is 1.15 bits per heavy atom. The maximum atomic E-state index is 13.2. The van der Waals surface area contributed by atoms with Gasteiger partial charge in [0.1, 0.15) is 5.75 Å². The van der Waals surface area contributed by atoms with Crippen LogP contribution < -0.4 is 4.74 Å². The van der Waals surface area contributed by atoms with E-state index in [0.29, 0.717) is 27.5 Å². The molecule has 1 heterocycles. The van der Waals surface area contributed by atoms with E-state index in [1.54, 1.807) is 44.3 Å². The zero-order chi connectivity index (χ0) is 19.7. The largest absolute Gasteiger partial charge is 0.511 e. The number of carboxylic acid groups (broad SMARTS) is 1. The lowest BCUT2D eigenvalue weighted by Gasteiger charge is -2.11. The van der Waals surface area contributed by atoms with Gasteiger partial charge in [-0.2, -0.15) is 5.10 Å². The number of hydrogen-bond donors (Lipinski definition) is 1. The summed E-state index contributed by atoms with van der Waals surface area (Å²) in [6, 6.07) is 11.1. The molecule has 1 aromatic heterocycles. The number of halogens is 2. The van der Waals surface area contributed by atoms with Crippen molar-refractivity contribution in [2.24, 2.45) is 7.05 Å². The van der Waals surface area contributed by atoms with E-state index >= 15 is 0 Å². The predicted molar refractivity (Wildman–Crippen MR) is 102 cm³/mol. The van der Waals surface area contributed by atoms with E-state index in [1.165, 1.54) is 16.8 Å². The molecule has 6 nitrogen and oxygen atoms in total. The van der Waals surface area contributed by atoms with Crippen LogP contribution in [0.1, 0.15) is 21.6 Å². The fourth-order valence-electron chi connectivity index (χ4n) is 2.89. The van der Waals surface area contributed by atoms with Crippen LogP contribution in [0.3, 0.4) is 0 Å². The van der Waals surface area contributed by atoms with Gasteiger partial charge in [-0.3, -0.25) is 9.48 Å². The molecule has 0 unspecified atom stereocenters. The summed E-state index contributed by atoms with van der Waals surface area (Å²) in [6.45, 7) is 1.70. The van der Waals surface area contributed by atoms with Gasteiger partial charge in [0, 0.05) is 23.2 Å². The lowest BCUT2D eigenvalue weighted by molar-refractivity contribution is 0.103. The van der Waals surface area contributed by atoms with Crippen molar-refractivity contribution in [2.75, 3.05) is 0 Å². The zero-order valence-electron chi connectivity index (χ0n) is 14.4. The maximum Gasteiger partial charge on any atom is 0.511 e. The Hall–Kier alpha value is -2.83. The van der Waals surface area contributed by atoms with Crippen LogP contribution in [0.2, 0.25) is 10.0 Å². The number of aromatic nitrogens is 2. The second-order valence-electron chi connectivity index (χ2n) is 5.75. The minimum atomic E-state index is -1.45. The molecule has 0 atom stereocenters. The van der Waals surface area contributed by atoms with Crippen LogP contribution in [0.4, 0.5) is 4.79 Å². The first kappa shape index (κ1) is 18.9. The number of rotatable bonds is 4. The highest BCUT2D eigenvalue weighted by atomic mass is 35.5. The molecular formula is C19H14Cl2N2O4. The molecular weight excluding hydrogens is 391 g/mol. The van der Waals surface area contributed by atoms with E-state index in [9.17, 15) is 9.59 Å². The number of aryl methyl sites for hydroxylation is 2. The molecule has 0 aliphatic carbocycles. The Morgan fingerprint density at radius 3 is 2.52 bits per heavy atom. The number of ketones is 1. The molecule has 1 N–H and O–H groups in total. The molecule has 0 saturated carbocycles. The number of carbonyl (C=O) groups is 2. The van der Waals surface area contributed by atoms with Crippen molar-refractivity contribution in [3.63, 3.8) is 0 Å². The fraction of sp³-hybridized carbons (Fsp3) is 0.105. The Labute approximate surface area is 164 Å². The van der Waals surface area contributed by atoms with Crippen molar-refractivity contribution in [2.45, 2.75) is 6.92 Å². The molecule has 0 saturated heterocycles. The molecule has 0 fully saturated rings. The first-order chi connectivity index (χ1) is 12.8. The normalized spacial score (nSPS) is 10.7. The molecule has 0 aliphatic heterocycles. The number of hydrogen-bond acceptors (Lipinski definition) is 4. The van der Waals surface area contributed by atoms with Gasteiger partial charge < -0.3 is 9.84 Å². The SMILES string of the molecule is Cc1nn(C)c(-c2ccccc2OC(=O)O)c1C(=O)c1ccc(Cl)cc1Cl. The Balaban J connectivity index is 2.21. The van der Waals surface area contributed by atoms with E-state index in [0.717, 1.165) is 0 Å². The standard InChI is InChI=1S/C19H14Cl2N2O4/c1-10-16(18(24)12-8-7-11(20)9-14(12)21)17(23(2)22-10)13-5-3-4-6-15(13)27-19(25)26/h3-9H,1-2H3,(H,25,26). The summed E-state index contributed by atoms with van der Waals surface area (Å²) in [5.41, 5.74) is 1.92. The van der Waals surface area contributed by atoms with E-state index in [1.807, 2.05) is 0 Å². The van der Waals surface area contributed by atoms with Crippen LogP contribution in [0.5, 0.6) is 5.75 Å². The Bertz CT molecular complexity index is 1060. The third kappa shape index (κ3) is 3.67. The predicted octanol–water partition coefficient (Wildman–Crippen LogP) is 4.99. The summed E-state index contributed by atoms with van der Waals surface area (Å²) in [4.78, 5) is 24.2. The van der Waals surface area contributed by atoms with Crippen molar-refractivity contribution in [1.29, 1.82) is 0 Å². The summed E-state index contributed by atoms with van der Waals surface area (Å²) >= 11 is 12.1. The molecule has 0 radical (unpaired) electrons. The van der Waals surface area contributed by atoms with E-state index in [2.05, 4.69) is 5.10 Å². The monoisotopic (exact) mass is 404 g/mol. The summed E-state index contributed by atoms with van der Waals surface area (Å²) < 4.78 is 6.38. The van der Waals surface area contributed by atoms with Crippen molar-refractivity contribution in [3.8, 4) is 17.0 Å². The quantitative estimate of drug-likeness (QED) is 0.376. The van der Waals surface area contributed by atoms with Crippen LogP contribution in [0, 0.1) is 6.92 Å². The van der Waals surface area contributed by atoms with E-state index in [4.69, 9.17) is 33.0 Å². The summed E-state index contributed by atoms with van der Waals surface area (Å²) in [6.07, 6.45) is -1.45. The third-order valence-corrected chi connectivity index (χ3v) is 4.51. The highest BCUT2D eigenvalue weighted by Gasteiger charge is 2.26. The molecule has 0 spiro atoms. The van der Waals surface area contributed by atoms with Crippen LogP contribution in [0.15, 0.2) is 42.5 Å². The van der Waals surface area contributed by atoms with Crippen molar-refractivity contribution < 1.29 is 19.4 Å². The topological polar surface area (TPSA) is 81.4 Å². The van der Waals surface area contributed by atoms with Gasteiger partial charge in [-0.25, -0.2) is 4.79 Å². The lowest BCUT2D eigenvalue weighted by Crippen LogP contribution is -2.08. The van der Waals surface area contributed by atoms with Gasteiger partial charge in [-0.05, 0) is 37.3 Å². The van der Waals surface area contributed by atoms with Crippen LogP contribution in [-0.4, -0.2) is 26.8 Å². The molecule has 3 aromatic rings. The minimum Gasteiger partial charge on any atom is -0.449 e. The minimum absolute atomic E-state index is 0.101. The van der Waals surface area contributed by atoms with Gasteiger partial charge >= 0.3 is 6.16 Å². The summed E-state index contributed by atoms with van der Waals surface area (Å²) in [5.74, 6) is -0.244. The van der Waals surface area contributed by atoms with Crippen LogP contribution in [0.25, 0.3) is 11.3 Å². The third-order valence-electron chi connectivity index (χ3n) is 3.96. The molecule has 3 rings (SSSR count). The highest BCUT2D eigenvalue weighted by Crippen LogP contribution is 2.35. The molecule has 138 valence electrons. The Morgan fingerprint density at radius 2 is 1.85 bits per heavy atom. The van der Waals surface area contributed by atoms with Gasteiger partial charge in [-0.1, -0.05) is 35.3 Å². The maximum absolute atomic E-state index is 13.2. The van der Waals surface area contributed by atoms with Crippen molar-refractivity contribution >= 4 is 35.1 Å². The molecule has 0 aliphatic rings. The zero-order valence-corrected chi connectivity index (χ0v) is 15.9. The molecule has 27 heavy (non-hydrogen) atoms. The first-order valence-electron chi connectivity index (χ1n) is 7.83. The first-order valence-corrected chi connectivity index (χ1v) is 8.58. The van der Waals surface area contributed by atoms with Gasteiger partial charge in [0.2, 0.25) is 0 Å². The number of nitrogens with zero attached hydrogens (tertiary/aromatic N) is 2. The van der Waals surface area contributed by atoms with E-state index in [-0.39, 0.29) is 22.1 Å². The molecule has 0 amide bonds. The number of carbonyl (C=O) groups excluding carboxylic acids is 1. The fourth-order valence-corrected chi connectivity index (χ4v) is 3.39. The molecule has 0 bridgehead atoms. The second-order valence-corrected chi connectivity index (χ2v) is 6.59. The van der Waals surface area contributed by atoms with Gasteiger partial charge in [0.15, 0.2) is 5.78 Å². The summed E-state index contributed by atoms with van der Waals surface area (Å²) in [5, 5.41) is 14.0. The lowest BCUT2D eigenvalue weighted by atomic mass is 9.97. The van der Waals surface area contributed by atoms with Gasteiger partial charge in [-0.15, -0.1) is 0 Å². The molecule has 8 heteroatoms. The van der Waals surface area contributed by atoms with Gasteiger partial charge in [0.05, 0.1) is 22.0 Å². The smallest absolute Gasteiger partial charge is 0.449 e. The second kappa shape index (κ2) is 7.42. The van der Waals surface area contributed by atoms with Crippen LogP contribution >= 0.6 is 23.2 Å². The summed E-state index contributed by atoms with van der Waals surface area (Å²) in [7, 11) is 1.67. The Kier molecular flexibility index (Phi) is 5.21. The number of ether oxygens (including phenoxy) is 1. The van der Waals surface area contributed by atoms with E-state index < -0.39 is 6.16 Å². The van der Waals surface area contributed by atoms with Gasteiger partial charge in [0.25, 0.3) is 0 Å².